The summed E-state index contributed by atoms with van der Waals surface area (Å²) in [4.78, 5) is 12.5. The monoisotopic (exact) mass is 324 g/mol. The summed E-state index contributed by atoms with van der Waals surface area (Å²) < 4.78 is 0. The molecule has 3 unspecified atom stereocenters. The van der Waals surface area contributed by atoms with Gasteiger partial charge in [-0.2, -0.15) is 0 Å². The second-order valence-corrected chi connectivity index (χ2v) is 6.31. The second-order valence-electron chi connectivity index (χ2n) is 6.31. The van der Waals surface area contributed by atoms with Crippen molar-refractivity contribution in [2.45, 2.75) is 64.0 Å². The number of nitrogens with one attached hydrogen (secondary N) is 1. The van der Waals surface area contributed by atoms with Gasteiger partial charge in [0.1, 0.15) is 0 Å². The van der Waals surface area contributed by atoms with Gasteiger partial charge in [-0.3, -0.25) is 4.79 Å². The van der Waals surface area contributed by atoms with Crippen molar-refractivity contribution in [3.05, 3.63) is 35.9 Å². The minimum absolute atomic E-state index is 0. The number of hydrogen-bond acceptors (Lipinski definition) is 2. The molecule has 0 aliphatic heterocycles. The molecule has 1 aromatic carbocycles. The zero-order valence-electron chi connectivity index (χ0n) is 13.5. The van der Waals surface area contributed by atoms with Crippen LogP contribution >= 0.6 is 12.4 Å². The van der Waals surface area contributed by atoms with Crippen molar-refractivity contribution < 1.29 is 4.79 Å². The molecular weight excluding hydrogens is 296 g/mol. The highest BCUT2D eigenvalue weighted by Crippen LogP contribution is 2.23. The summed E-state index contributed by atoms with van der Waals surface area (Å²) >= 11 is 0. The SMILES string of the molecule is CCCC(Cc1ccccc1)NC(=O)C1CCCC(N)C1.Cl. The first-order valence-electron chi connectivity index (χ1n) is 8.29. The predicted molar refractivity (Wildman–Crippen MR) is 94.2 cm³/mol. The van der Waals surface area contributed by atoms with E-state index < -0.39 is 0 Å². The van der Waals surface area contributed by atoms with Crippen LogP contribution in [0.2, 0.25) is 0 Å². The number of rotatable bonds is 6. The van der Waals surface area contributed by atoms with Crippen molar-refractivity contribution in [1.29, 1.82) is 0 Å². The Morgan fingerprint density at radius 2 is 2.05 bits per heavy atom. The van der Waals surface area contributed by atoms with E-state index in [1.165, 1.54) is 5.56 Å². The van der Waals surface area contributed by atoms with E-state index in [2.05, 4.69) is 36.5 Å². The molecule has 1 amide bonds. The molecule has 1 saturated carbocycles. The van der Waals surface area contributed by atoms with Crippen LogP contribution in [-0.2, 0) is 11.2 Å². The molecule has 124 valence electrons. The van der Waals surface area contributed by atoms with Crippen molar-refractivity contribution >= 4 is 18.3 Å². The van der Waals surface area contributed by atoms with Crippen LogP contribution in [0.5, 0.6) is 0 Å². The first-order valence-corrected chi connectivity index (χ1v) is 8.29. The van der Waals surface area contributed by atoms with Crippen LogP contribution in [0, 0.1) is 5.92 Å². The lowest BCUT2D eigenvalue weighted by molar-refractivity contribution is -0.126. The number of hydrogen-bond donors (Lipinski definition) is 2. The molecule has 1 aromatic rings. The number of amides is 1. The summed E-state index contributed by atoms with van der Waals surface area (Å²) in [5.74, 6) is 0.323. The molecule has 0 radical (unpaired) electrons. The minimum atomic E-state index is 0. The standard InChI is InChI=1S/C18H28N2O.ClH/c1-2-7-17(12-14-8-4-3-5-9-14)20-18(21)15-10-6-11-16(19)13-15;/h3-5,8-9,15-17H,2,6-7,10-13,19H2,1H3,(H,20,21);1H. The van der Waals surface area contributed by atoms with Gasteiger partial charge in [-0.25, -0.2) is 0 Å². The molecular formula is C18H29ClN2O. The van der Waals surface area contributed by atoms with Gasteiger partial charge in [-0.05, 0) is 37.7 Å². The highest BCUT2D eigenvalue weighted by molar-refractivity contribution is 5.85. The Hall–Kier alpha value is -1.06. The van der Waals surface area contributed by atoms with Crippen molar-refractivity contribution in [3.63, 3.8) is 0 Å². The fraction of sp³-hybridized carbons (Fsp3) is 0.611. The summed E-state index contributed by atoms with van der Waals surface area (Å²) in [6.07, 6.45) is 7.00. The number of carbonyl (C=O) groups excluding carboxylic acids is 1. The zero-order valence-corrected chi connectivity index (χ0v) is 14.3. The molecule has 0 saturated heterocycles. The molecule has 2 rings (SSSR count). The molecule has 0 heterocycles. The molecule has 1 aliphatic carbocycles. The van der Waals surface area contributed by atoms with Gasteiger partial charge < -0.3 is 11.1 Å². The van der Waals surface area contributed by atoms with E-state index in [4.69, 9.17) is 5.73 Å². The highest BCUT2D eigenvalue weighted by atomic mass is 35.5. The van der Waals surface area contributed by atoms with Crippen LogP contribution in [0.3, 0.4) is 0 Å². The van der Waals surface area contributed by atoms with Gasteiger partial charge in [0, 0.05) is 18.0 Å². The third-order valence-corrected chi connectivity index (χ3v) is 4.39. The Morgan fingerprint density at radius 3 is 2.68 bits per heavy atom. The third-order valence-electron chi connectivity index (χ3n) is 4.39. The van der Waals surface area contributed by atoms with Crippen molar-refractivity contribution in [1.82, 2.24) is 5.32 Å². The van der Waals surface area contributed by atoms with Gasteiger partial charge in [0.15, 0.2) is 0 Å². The quantitative estimate of drug-likeness (QED) is 0.842. The van der Waals surface area contributed by atoms with Crippen LogP contribution in [0.4, 0.5) is 0 Å². The third kappa shape index (κ3) is 5.98. The molecule has 4 heteroatoms. The zero-order chi connectivity index (χ0) is 15.1. The van der Waals surface area contributed by atoms with Gasteiger partial charge >= 0.3 is 0 Å². The number of halogens is 1. The second kappa shape index (κ2) is 9.86. The van der Waals surface area contributed by atoms with E-state index in [-0.39, 0.29) is 36.3 Å². The van der Waals surface area contributed by atoms with Crippen LogP contribution in [0.25, 0.3) is 0 Å². The van der Waals surface area contributed by atoms with Crippen molar-refractivity contribution in [3.8, 4) is 0 Å². The fourth-order valence-electron chi connectivity index (χ4n) is 3.26. The first kappa shape index (κ1) is 19.0. The van der Waals surface area contributed by atoms with Crippen LogP contribution < -0.4 is 11.1 Å². The Bertz CT molecular complexity index is 438. The maximum absolute atomic E-state index is 12.5. The molecule has 0 bridgehead atoms. The topological polar surface area (TPSA) is 55.1 Å². The van der Waals surface area contributed by atoms with Gasteiger partial charge in [-0.1, -0.05) is 50.1 Å². The molecule has 3 N–H and O–H groups in total. The van der Waals surface area contributed by atoms with E-state index in [9.17, 15) is 4.79 Å². The number of nitrogens with two attached hydrogens (primary N) is 1. The summed E-state index contributed by atoms with van der Waals surface area (Å²) in [5.41, 5.74) is 7.28. The van der Waals surface area contributed by atoms with Gasteiger partial charge in [0.25, 0.3) is 0 Å². The van der Waals surface area contributed by atoms with Gasteiger partial charge in [-0.15, -0.1) is 12.4 Å². The number of carbonyl (C=O) groups is 1. The fourth-order valence-corrected chi connectivity index (χ4v) is 3.26. The summed E-state index contributed by atoms with van der Waals surface area (Å²) in [6.45, 7) is 2.17. The van der Waals surface area contributed by atoms with Gasteiger partial charge in [0.05, 0.1) is 0 Å². The lowest BCUT2D eigenvalue weighted by Crippen LogP contribution is -2.43. The minimum Gasteiger partial charge on any atom is -0.353 e. The molecule has 3 nitrogen and oxygen atoms in total. The van der Waals surface area contributed by atoms with Crippen LogP contribution in [-0.4, -0.2) is 18.0 Å². The molecule has 0 aromatic heterocycles. The van der Waals surface area contributed by atoms with E-state index >= 15 is 0 Å². The maximum Gasteiger partial charge on any atom is 0.223 e. The lowest BCUT2D eigenvalue weighted by atomic mass is 9.85. The summed E-state index contributed by atoms with van der Waals surface area (Å²) in [6, 6.07) is 10.8. The van der Waals surface area contributed by atoms with Crippen LogP contribution in [0.15, 0.2) is 30.3 Å². The van der Waals surface area contributed by atoms with E-state index in [0.717, 1.165) is 44.9 Å². The predicted octanol–water partition coefficient (Wildman–Crippen LogP) is 3.45. The smallest absolute Gasteiger partial charge is 0.223 e. The molecule has 1 fully saturated rings. The Morgan fingerprint density at radius 1 is 1.32 bits per heavy atom. The lowest BCUT2D eigenvalue weighted by Gasteiger charge is -2.28. The van der Waals surface area contributed by atoms with Gasteiger partial charge in [0.2, 0.25) is 5.91 Å². The largest absolute Gasteiger partial charge is 0.353 e. The van der Waals surface area contributed by atoms with Crippen LogP contribution in [0.1, 0.15) is 51.0 Å². The van der Waals surface area contributed by atoms with Crippen molar-refractivity contribution in [2.24, 2.45) is 11.7 Å². The first-order chi connectivity index (χ1) is 10.2. The normalized spacial score (nSPS) is 22.5. The molecule has 22 heavy (non-hydrogen) atoms. The average Bonchev–Trinajstić information content (AvgIpc) is 2.48. The molecule has 3 atom stereocenters. The van der Waals surface area contributed by atoms with Crippen molar-refractivity contribution in [2.75, 3.05) is 0 Å². The maximum atomic E-state index is 12.5. The van der Waals surface area contributed by atoms with E-state index in [1.807, 2.05) is 6.07 Å². The number of benzene rings is 1. The Labute approximate surface area is 140 Å². The Kier molecular flexibility index (Phi) is 8.51. The molecule has 0 spiro atoms. The van der Waals surface area contributed by atoms with E-state index in [1.54, 1.807) is 0 Å². The van der Waals surface area contributed by atoms with E-state index in [0.29, 0.717) is 0 Å². The Balaban J connectivity index is 0.00000242. The average molecular weight is 325 g/mol. The molecule has 1 aliphatic rings. The summed E-state index contributed by atoms with van der Waals surface area (Å²) in [5, 5.41) is 3.26. The summed E-state index contributed by atoms with van der Waals surface area (Å²) in [7, 11) is 0. The highest BCUT2D eigenvalue weighted by Gasteiger charge is 2.26.